The fourth-order valence-electron chi connectivity index (χ4n) is 2.23. The highest BCUT2D eigenvalue weighted by Gasteiger charge is 2.20. The van der Waals surface area contributed by atoms with Gasteiger partial charge in [-0.05, 0) is 37.1 Å². The highest BCUT2D eigenvalue weighted by atomic mass is 16.5. The monoisotopic (exact) mass is 250 g/mol. The van der Waals surface area contributed by atoms with Crippen LogP contribution < -0.4 is 10.5 Å². The van der Waals surface area contributed by atoms with Gasteiger partial charge in [0.25, 0.3) is 0 Å². The van der Waals surface area contributed by atoms with Crippen molar-refractivity contribution >= 4 is 5.69 Å². The van der Waals surface area contributed by atoms with Crippen LogP contribution in [-0.4, -0.2) is 44.4 Å². The van der Waals surface area contributed by atoms with Gasteiger partial charge >= 0.3 is 0 Å². The van der Waals surface area contributed by atoms with Crippen molar-refractivity contribution in [2.75, 3.05) is 39.1 Å². The van der Waals surface area contributed by atoms with Crippen LogP contribution in [0.15, 0.2) is 24.3 Å². The minimum atomic E-state index is 0.419. The Morgan fingerprint density at radius 3 is 2.78 bits per heavy atom. The maximum absolute atomic E-state index is 5.66. The van der Waals surface area contributed by atoms with Gasteiger partial charge in [-0.15, -0.1) is 0 Å². The molecule has 2 N–H and O–H groups in total. The van der Waals surface area contributed by atoms with Gasteiger partial charge in [-0.2, -0.15) is 0 Å². The van der Waals surface area contributed by atoms with Crippen LogP contribution in [0.1, 0.15) is 12.8 Å². The molecule has 4 nitrogen and oxygen atoms in total. The summed E-state index contributed by atoms with van der Waals surface area (Å²) in [5.74, 6) is 0.889. The van der Waals surface area contributed by atoms with Crippen LogP contribution in [0.5, 0.6) is 5.75 Å². The third-order valence-electron chi connectivity index (χ3n) is 3.33. The molecular weight excluding hydrogens is 228 g/mol. The number of benzene rings is 1. The molecule has 0 radical (unpaired) electrons. The molecule has 0 bridgehead atoms. The minimum Gasteiger partial charge on any atom is -0.494 e. The molecule has 1 atom stereocenters. The number of anilines is 1. The third-order valence-corrected chi connectivity index (χ3v) is 3.33. The van der Waals surface area contributed by atoms with Gasteiger partial charge in [0.15, 0.2) is 0 Å². The summed E-state index contributed by atoms with van der Waals surface area (Å²) in [6.07, 6.45) is 2.61. The summed E-state index contributed by atoms with van der Waals surface area (Å²) in [6.45, 7) is 4.02. The van der Waals surface area contributed by atoms with Crippen LogP contribution >= 0.6 is 0 Å². The van der Waals surface area contributed by atoms with E-state index in [1.54, 1.807) is 7.11 Å². The Bertz CT molecular complexity index is 353. The zero-order valence-corrected chi connectivity index (χ0v) is 11.0. The first kappa shape index (κ1) is 13.2. The first-order valence-corrected chi connectivity index (χ1v) is 6.51. The molecule has 1 saturated heterocycles. The van der Waals surface area contributed by atoms with Gasteiger partial charge in [0.1, 0.15) is 5.75 Å². The second-order valence-corrected chi connectivity index (χ2v) is 4.72. The topological polar surface area (TPSA) is 47.7 Å². The molecule has 1 unspecified atom stereocenters. The van der Waals surface area contributed by atoms with E-state index in [-0.39, 0.29) is 0 Å². The molecular formula is C14H22N2O2. The molecule has 1 aliphatic rings. The van der Waals surface area contributed by atoms with E-state index >= 15 is 0 Å². The van der Waals surface area contributed by atoms with E-state index in [1.165, 1.54) is 0 Å². The molecule has 4 heteroatoms. The summed E-state index contributed by atoms with van der Waals surface area (Å²) >= 11 is 0. The molecule has 1 heterocycles. The Morgan fingerprint density at radius 1 is 1.33 bits per heavy atom. The van der Waals surface area contributed by atoms with Gasteiger partial charge in [-0.1, -0.05) is 0 Å². The summed E-state index contributed by atoms with van der Waals surface area (Å²) < 4.78 is 11.0. The third kappa shape index (κ3) is 3.89. The summed E-state index contributed by atoms with van der Waals surface area (Å²) in [7, 11) is 1.79. The maximum Gasteiger partial charge on any atom is 0.119 e. The van der Waals surface area contributed by atoms with E-state index in [2.05, 4.69) is 4.90 Å². The molecule has 18 heavy (non-hydrogen) atoms. The summed E-state index contributed by atoms with van der Waals surface area (Å²) in [5.41, 5.74) is 6.38. The second kappa shape index (κ2) is 6.61. The Morgan fingerprint density at radius 2 is 2.11 bits per heavy atom. The van der Waals surface area contributed by atoms with Crippen molar-refractivity contribution in [1.82, 2.24) is 4.90 Å². The molecule has 0 spiro atoms. The molecule has 1 aromatic carbocycles. The lowest BCUT2D eigenvalue weighted by atomic mass is 10.3. The first-order valence-electron chi connectivity index (χ1n) is 6.51. The van der Waals surface area contributed by atoms with Gasteiger partial charge in [0.2, 0.25) is 0 Å². The van der Waals surface area contributed by atoms with Crippen molar-refractivity contribution < 1.29 is 9.47 Å². The van der Waals surface area contributed by atoms with Crippen LogP contribution in [0, 0.1) is 0 Å². The molecule has 0 aliphatic carbocycles. The SMILES string of the molecule is COC1CCN(CCCOc2ccc(N)cc2)C1. The first-order chi connectivity index (χ1) is 8.78. The van der Waals surface area contributed by atoms with Crippen LogP contribution in [0.25, 0.3) is 0 Å². The summed E-state index contributed by atoms with van der Waals surface area (Å²) in [5, 5.41) is 0. The number of likely N-dealkylation sites (tertiary alicyclic amines) is 1. The molecule has 2 rings (SSSR count). The van der Waals surface area contributed by atoms with Crippen LogP contribution in [-0.2, 0) is 4.74 Å². The summed E-state index contributed by atoms with van der Waals surface area (Å²) in [6, 6.07) is 7.54. The van der Waals surface area contributed by atoms with E-state index in [9.17, 15) is 0 Å². The number of nitrogen functional groups attached to an aromatic ring is 1. The predicted octanol–water partition coefficient (Wildman–Crippen LogP) is 1.76. The molecule has 1 fully saturated rings. The Balaban J connectivity index is 1.60. The van der Waals surface area contributed by atoms with Crippen molar-refractivity contribution in [2.24, 2.45) is 0 Å². The zero-order valence-electron chi connectivity index (χ0n) is 11.0. The Kier molecular flexibility index (Phi) is 4.84. The van der Waals surface area contributed by atoms with Crippen molar-refractivity contribution in [2.45, 2.75) is 18.9 Å². The van der Waals surface area contributed by atoms with Crippen molar-refractivity contribution in [1.29, 1.82) is 0 Å². The molecule has 0 aromatic heterocycles. The Labute approximate surface area is 109 Å². The number of rotatable bonds is 6. The molecule has 100 valence electrons. The van der Waals surface area contributed by atoms with Gasteiger partial charge in [-0.25, -0.2) is 0 Å². The Hall–Kier alpha value is -1.26. The van der Waals surface area contributed by atoms with Crippen molar-refractivity contribution in [3.05, 3.63) is 24.3 Å². The lowest BCUT2D eigenvalue weighted by Gasteiger charge is -2.15. The summed E-state index contributed by atoms with van der Waals surface area (Å²) in [4.78, 5) is 2.43. The number of nitrogens with zero attached hydrogens (tertiary/aromatic N) is 1. The quantitative estimate of drug-likeness (QED) is 0.617. The fraction of sp³-hybridized carbons (Fsp3) is 0.571. The fourth-order valence-corrected chi connectivity index (χ4v) is 2.23. The van der Waals surface area contributed by atoms with Gasteiger partial charge in [0, 0.05) is 32.4 Å². The molecule has 0 amide bonds. The van der Waals surface area contributed by atoms with Crippen molar-refractivity contribution in [3.63, 3.8) is 0 Å². The molecule has 1 aliphatic heterocycles. The highest BCUT2D eigenvalue weighted by molar-refractivity contribution is 5.41. The highest BCUT2D eigenvalue weighted by Crippen LogP contribution is 2.14. The van der Waals surface area contributed by atoms with E-state index < -0.39 is 0 Å². The standard InChI is InChI=1S/C14H22N2O2/c1-17-14-7-9-16(11-14)8-2-10-18-13-5-3-12(15)4-6-13/h3-6,14H,2,7-11,15H2,1H3. The number of methoxy groups -OCH3 is 1. The van der Waals surface area contributed by atoms with E-state index in [0.29, 0.717) is 6.10 Å². The lowest BCUT2D eigenvalue weighted by molar-refractivity contribution is 0.107. The van der Waals surface area contributed by atoms with E-state index in [0.717, 1.165) is 50.5 Å². The van der Waals surface area contributed by atoms with Crippen molar-refractivity contribution in [3.8, 4) is 5.75 Å². The van der Waals surface area contributed by atoms with E-state index in [4.69, 9.17) is 15.2 Å². The zero-order chi connectivity index (χ0) is 12.8. The van der Waals surface area contributed by atoms with E-state index in [1.807, 2.05) is 24.3 Å². The van der Waals surface area contributed by atoms with Gasteiger partial charge in [-0.3, -0.25) is 0 Å². The lowest BCUT2D eigenvalue weighted by Crippen LogP contribution is -2.25. The second-order valence-electron chi connectivity index (χ2n) is 4.72. The van der Waals surface area contributed by atoms with Gasteiger partial charge < -0.3 is 20.1 Å². The smallest absolute Gasteiger partial charge is 0.119 e. The van der Waals surface area contributed by atoms with Crippen LogP contribution in [0.4, 0.5) is 5.69 Å². The van der Waals surface area contributed by atoms with Crippen LogP contribution in [0.2, 0.25) is 0 Å². The number of hydrogen-bond acceptors (Lipinski definition) is 4. The maximum atomic E-state index is 5.66. The number of hydrogen-bond donors (Lipinski definition) is 1. The number of ether oxygens (including phenoxy) is 2. The van der Waals surface area contributed by atoms with Gasteiger partial charge in [0.05, 0.1) is 12.7 Å². The molecule has 0 saturated carbocycles. The largest absolute Gasteiger partial charge is 0.494 e. The molecule has 1 aromatic rings. The predicted molar refractivity (Wildman–Crippen MR) is 72.8 cm³/mol. The normalized spacial score (nSPS) is 20.2. The number of nitrogens with two attached hydrogens (primary N) is 1. The minimum absolute atomic E-state index is 0.419. The van der Waals surface area contributed by atoms with Crippen LogP contribution in [0.3, 0.4) is 0 Å². The average molecular weight is 250 g/mol. The average Bonchev–Trinajstić information content (AvgIpc) is 2.85.